The van der Waals surface area contributed by atoms with Crippen LogP contribution in [-0.4, -0.2) is 46.5 Å². The van der Waals surface area contributed by atoms with Crippen LogP contribution in [0.2, 0.25) is 0 Å². The van der Waals surface area contributed by atoms with Gasteiger partial charge in [0.05, 0.1) is 35.6 Å². The van der Waals surface area contributed by atoms with Crippen molar-refractivity contribution in [1.82, 2.24) is 29.3 Å². The summed E-state index contributed by atoms with van der Waals surface area (Å²) in [6.45, 7) is 2.41. The van der Waals surface area contributed by atoms with Crippen LogP contribution in [-0.2, 0) is 18.4 Å². The van der Waals surface area contributed by atoms with Crippen LogP contribution >= 0.6 is 11.5 Å². The quantitative estimate of drug-likeness (QED) is 0.467. The molecule has 186 valence electrons. The molecule has 3 aromatic heterocycles. The predicted molar refractivity (Wildman–Crippen MR) is 131 cm³/mol. The van der Waals surface area contributed by atoms with E-state index in [-0.39, 0.29) is 12.0 Å². The predicted octanol–water partition coefficient (Wildman–Crippen LogP) is 4.33. The van der Waals surface area contributed by atoms with Crippen LogP contribution < -0.4 is 10.1 Å². The lowest BCUT2D eigenvalue weighted by Crippen LogP contribution is -2.29. The number of nitrogens with one attached hydrogen (secondary N) is 1. The number of carbonyl (C=O) groups is 1. The average Bonchev–Trinajstić information content (AvgIpc) is 3.60. The van der Waals surface area contributed by atoms with Crippen LogP contribution in [0.5, 0.6) is 5.75 Å². The summed E-state index contributed by atoms with van der Waals surface area (Å²) in [6, 6.07) is 3.78. The second-order valence-electron chi connectivity index (χ2n) is 9.52. The molecule has 0 radical (unpaired) electrons. The molecule has 2 fully saturated rings. The van der Waals surface area contributed by atoms with Crippen LogP contribution in [0.25, 0.3) is 11.4 Å². The number of carboxylic acid groups (broad SMARTS) is 1. The zero-order valence-electron chi connectivity index (χ0n) is 20.1. The monoisotopic (exact) mass is 497 g/mol. The fourth-order valence-corrected chi connectivity index (χ4v) is 5.69. The van der Waals surface area contributed by atoms with E-state index in [0.717, 1.165) is 40.9 Å². The van der Waals surface area contributed by atoms with Gasteiger partial charge in [-0.25, -0.2) is 14.6 Å². The van der Waals surface area contributed by atoms with E-state index in [1.165, 1.54) is 37.2 Å². The molecule has 2 saturated carbocycles. The maximum atomic E-state index is 11.4. The van der Waals surface area contributed by atoms with Crippen molar-refractivity contribution < 1.29 is 14.6 Å². The first-order chi connectivity index (χ1) is 17.0. The second kappa shape index (κ2) is 10.3. The lowest BCUT2D eigenvalue weighted by atomic mass is 9.87. The molecule has 0 saturated heterocycles. The van der Waals surface area contributed by atoms with E-state index in [1.807, 2.05) is 26.1 Å². The Balaban J connectivity index is 1.26. The Labute approximate surface area is 208 Å². The van der Waals surface area contributed by atoms with Crippen molar-refractivity contribution in [2.75, 3.05) is 5.32 Å². The minimum atomic E-state index is -0.740. The zero-order chi connectivity index (χ0) is 24.4. The van der Waals surface area contributed by atoms with Crippen LogP contribution in [0.3, 0.4) is 0 Å². The number of aromatic nitrogens is 6. The molecule has 35 heavy (non-hydrogen) atoms. The molecule has 0 aliphatic heterocycles. The number of hydrogen-bond donors (Lipinski definition) is 2. The number of pyridine rings is 1. The Hall–Kier alpha value is -3.08. The Morgan fingerprint density at radius 2 is 2.03 bits per heavy atom. The Bertz CT molecular complexity index is 1190. The highest BCUT2D eigenvalue weighted by molar-refractivity contribution is 7.09. The third kappa shape index (κ3) is 5.29. The van der Waals surface area contributed by atoms with E-state index >= 15 is 0 Å². The Kier molecular flexibility index (Phi) is 6.94. The molecule has 2 aliphatic rings. The number of ether oxygens (including phenoxy) is 1. The molecule has 3 aromatic rings. The first-order valence-electron chi connectivity index (χ1n) is 12.3. The van der Waals surface area contributed by atoms with E-state index in [1.54, 1.807) is 4.68 Å². The van der Waals surface area contributed by atoms with Gasteiger partial charge in [0.15, 0.2) is 0 Å². The summed E-state index contributed by atoms with van der Waals surface area (Å²) in [7, 11) is 1.86. The van der Waals surface area contributed by atoms with Crippen molar-refractivity contribution in [3.05, 3.63) is 29.3 Å². The highest BCUT2D eigenvalue weighted by atomic mass is 32.1. The minimum absolute atomic E-state index is 0.103. The van der Waals surface area contributed by atoms with Crippen molar-refractivity contribution in [2.45, 2.75) is 76.9 Å². The molecule has 2 aliphatic carbocycles. The lowest BCUT2D eigenvalue weighted by Gasteiger charge is -2.27. The van der Waals surface area contributed by atoms with Crippen LogP contribution in [0.1, 0.15) is 74.5 Å². The van der Waals surface area contributed by atoms with Gasteiger partial charge in [0.25, 0.3) is 0 Å². The third-order valence-corrected chi connectivity index (χ3v) is 7.75. The highest BCUT2D eigenvalue weighted by Gasteiger charge is 2.28. The SMILES string of the molecule is Cc1nc(-c2nnn(C)c2CNc2nc(C3CCCC3)ns2)ccc1O[C@H]1CCC[C@H](C(=O)O)C1. The van der Waals surface area contributed by atoms with Gasteiger partial charge in [0, 0.05) is 24.5 Å². The lowest BCUT2D eigenvalue weighted by molar-refractivity contribution is -0.143. The standard InChI is InChI=1S/C24H31N7O3S/c1-14-20(34-17-9-5-8-16(12-17)23(32)33)11-10-18(26-14)21-19(31(2)30-28-21)13-25-24-27-22(29-35-24)15-6-3-4-7-15/h10-11,15-17H,3-9,12-13H2,1-2H3,(H,32,33)(H,25,27,29)/t16-,17-/m0/s1. The highest BCUT2D eigenvalue weighted by Crippen LogP contribution is 2.34. The van der Waals surface area contributed by atoms with Crippen molar-refractivity contribution in [2.24, 2.45) is 13.0 Å². The topological polar surface area (TPSA) is 128 Å². The fourth-order valence-electron chi connectivity index (χ4n) is 5.05. The molecule has 3 heterocycles. The zero-order valence-corrected chi connectivity index (χ0v) is 20.9. The number of aliphatic carboxylic acids is 1. The largest absolute Gasteiger partial charge is 0.489 e. The molecule has 2 atom stereocenters. The third-order valence-electron chi connectivity index (χ3n) is 7.06. The van der Waals surface area contributed by atoms with Gasteiger partial charge in [0.2, 0.25) is 5.13 Å². The van der Waals surface area contributed by atoms with Crippen LogP contribution in [0.4, 0.5) is 5.13 Å². The molecule has 11 heteroatoms. The molecule has 0 bridgehead atoms. The maximum Gasteiger partial charge on any atom is 0.306 e. The number of nitrogens with zero attached hydrogens (tertiary/aromatic N) is 6. The van der Waals surface area contributed by atoms with E-state index < -0.39 is 5.97 Å². The van der Waals surface area contributed by atoms with E-state index in [9.17, 15) is 9.90 Å². The Morgan fingerprint density at radius 1 is 1.20 bits per heavy atom. The number of carboxylic acids is 1. The molecule has 0 spiro atoms. The average molecular weight is 498 g/mol. The molecular formula is C24H31N7O3S. The first kappa shape index (κ1) is 23.7. The summed E-state index contributed by atoms with van der Waals surface area (Å²) >= 11 is 1.40. The number of hydrogen-bond acceptors (Lipinski definition) is 9. The summed E-state index contributed by atoms with van der Waals surface area (Å²) in [5.74, 6) is 1.06. The van der Waals surface area contributed by atoms with Gasteiger partial charge in [-0.1, -0.05) is 18.1 Å². The summed E-state index contributed by atoms with van der Waals surface area (Å²) in [6.07, 6.45) is 7.74. The van der Waals surface area contributed by atoms with Gasteiger partial charge in [-0.3, -0.25) is 4.79 Å². The molecule has 0 unspecified atom stereocenters. The Morgan fingerprint density at radius 3 is 2.80 bits per heavy atom. The molecule has 0 amide bonds. The first-order valence-corrected chi connectivity index (χ1v) is 13.1. The van der Waals surface area contributed by atoms with Crippen LogP contribution in [0, 0.1) is 12.8 Å². The molecule has 2 N–H and O–H groups in total. The van der Waals surface area contributed by atoms with E-state index in [4.69, 9.17) is 14.7 Å². The van der Waals surface area contributed by atoms with Gasteiger partial charge in [-0.15, -0.1) is 5.10 Å². The van der Waals surface area contributed by atoms with Gasteiger partial charge in [-0.05, 0) is 57.6 Å². The van der Waals surface area contributed by atoms with Crippen molar-refractivity contribution >= 4 is 22.6 Å². The summed E-state index contributed by atoms with van der Waals surface area (Å²) < 4.78 is 12.5. The fraction of sp³-hybridized carbons (Fsp3) is 0.583. The maximum absolute atomic E-state index is 11.4. The van der Waals surface area contributed by atoms with Gasteiger partial charge >= 0.3 is 5.97 Å². The normalized spacial score (nSPS) is 20.7. The second-order valence-corrected chi connectivity index (χ2v) is 10.3. The van der Waals surface area contributed by atoms with E-state index in [0.29, 0.717) is 36.7 Å². The number of aryl methyl sites for hydroxylation is 2. The number of rotatable bonds is 8. The molecule has 5 rings (SSSR count). The van der Waals surface area contributed by atoms with Gasteiger partial charge in [-0.2, -0.15) is 4.37 Å². The van der Waals surface area contributed by atoms with Crippen molar-refractivity contribution in [1.29, 1.82) is 0 Å². The molecule has 10 nitrogen and oxygen atoms in total. The van der Waals surface area contributed by atoms with E-state index in [2.05, 4.69) is 20.0 Å². The summed E-state index contributed by atoms with van der Waals surface area (Å²) in [5, 5.41) is 22.1. The molecular weight excluding hydrogens is 466 g/mol. The summed E-state index contributed by atoms with van der Waals surface area (Å²) in [4.78, 5) is 20.8. The number of anilines is 1. The van der Waals surface area contributed by atoms with Crippen molar-refractivity contribution in [3.63, 3.8) is 0 Å². The van der Waals surface area contributed by atoms with Crippen molar-refractivity contribution in [3.8, 4) is 17.1 Å². The molecule has 0 aromatic carbocycles. The smallest absolute Gasteiger partial charge is 0.306 e. The minimum Gasteiger partial charge on any atom is -0.489 e. The summed E-state index contributed by atoms with van der Waals surface area (Å²) in [5.41, 5.74) is 3.07. The van der Waals surface area contributed by atoms with Crippen LogP contribution in [0.15, 0.2) is 12.1 Å². The van der Waals surface area contributed by atoms with Gasteiger partial charge < -0.3 is 15.2 Å². The van der Waals surface area contributed by atoms with Gasteiger partial charge in [0.1, 0.15) is 17.3 Å².